The number of allylic oxidation sites excluding steroid dienone is 18. The van der Waals surface area contributed by atoms with Gasteiger partial charge in [-0.3, -0.25) is 14.4 Å². The van der Waals surface area contributed by atoms with Crippen molar-refractivity contribution in [1.29, 1.82) is 0 Å². The van der Waals surface area contributed by atoms with Gasteiger partial charge in [0.2, 0.25) is 0 Å². The van der Waals surface area contributed by atoms with Gasteiger partial charge in [0.05, 0.1) is 0 Å². The van der Waals surface area contributed by atoms with Crippen LogP contribution in [-0.4, -0.2) is 37.2 Å². The van der Waals surface area contributed by atoms with Crippen LogP contribution in [0.2, 0.25) is 0 Å². The van der Waals surface area contributed by atoms with Crippen molar-refractivity contribution >= 4 is 17.9 Å². The number of esters is 3. The van der Waals surface area contributed by atoms with Crippen LogP contribution in [0.5, 0.6) is 0 Å². The first-order chi connectivity index (χ1) is 32.5. The van der Waals surface area contributed by atoms with E-state index in [-0.39, 0.29) is 31.1 Å². The van der Waals surface area contributed by atoms with E-state index in [0.29, 0.717) is 19.3 Å². The predicted octanol–water partition coefficient (Wildman–Crippen LogP) is 17.9. The molecule has 0 bridgehead atoms. The molecular formula is C60H98O6. The van der Waals surface area contributed by atoms with Gasteiger partial charge in [0, 0.05) is 19.3 Å². The maximum atomic E-state index is 12.8. The number of hydrogen-bond donors (Lipinski definition) is 0. The summed E-state index contributed by atoms with van der Waals surface area (Å²) in [6, 6.07) is 0. The molecule has 0 aliphatic heterocycles. The van der Waals surface area contributed by atoms with Gasteiger partial charge in [0.1, 0.15) is 13.2 Å². The van der Waals surface area contributed by atoms with Gasteiger partial charge < -0.3 is 14.2 Å². The van der Waals surface area contributed by atoms with Gasteiger partial charge in [0.15, 0.2) is 6.10 Å². The van der Waals surface area contributed by atoms with Crippen LogP contribution < -0.4 is 0 Å². The fourth-order valence-corrected chi connectivity index (χ4v) is 7.11. The Balaban J connectivity index is 4.50. The maximum Gasteiger partial charge on any atom is 0.306 e. The molecule has 0 aromatic heterocycles. The minimum absolute atomic E-state index is 0.107. The third-order valence-corrected chi connectivity index (χ3v) is 11.2. The molecule has 0 saturated carbocycles. The smallest absolute Gasteiger partial charge is 0.306 e. The molecule has 1 atom stereocenters. The average molecular weight is 915 g/mol. The fraction of sp³-hybridized carbons (Fsp3) is 0.650. The lowest BCUT2D eigenvalue weighted by atomic mass is 10.1. The van der Waals surface area contributed by atoms with Crippen molar-refractivity contribution in [3.05, 3.63) is 109 Å². The van der Waals surface area contributed by atoms with E-state index < -0.39 is 6.10 Å². The van der Waals surface area contributed by atoms with E-state index in [9.17, 15) is 14.4 Å². The molecule has 0 aliphatic rings. The van der Waals surface area contributed by atoms with Gasteiger partial charge in [-0.15, -0.1) is 0 Å². The van der Waals surface area contributed by atoms with Gasteiger partial charge in [0.25, 0.3) is 0 Å². The Hall–Kier alpha value is -3.93. The molecule has 0 rings (SSSR count). The molecule has 0 aromatic rings. The Kier molecular flexibility index (Phi) is 50.5. The standard InChI is InChI=1S/C60H98O6/c1-4-7-10-13-16-19-22-25-27-29-31-32-35-38-41-44-47-50-53-59(62)65-56-57(55-64-58(61)52-49-46-43-40-37-34-24-21-18-15-12-9-6-3)66-60(63)54-51-48-45-42-39-36-33-30-28-26-23-20-17-14-11-8-5-2/h9,12,15-16,18-19,21-22,24-29,31-32,34,37,57H,4-8,10-11,13-14,17,20,23,30,33,35-36,38-56H2,1-3H3/b12-9+,18-15+,19-16+,24-21+,25-22+,28-26+,29-27+,32-31+,37-34+. The third kappa shape index (κ3) is 51.1. The van der Waals surface area contributed by atoms with Crippen molar-refractivity contribution in [2.45, 2.75) is 239 Å². The van der Waals surface area contributed by atoms with E-state index in [2.05, 4.69) is 93.7 Å². The summed E-state index contributed by atoms with van der Waals surface area (Å²) in [5.41, 5.74) is 0. The Morgan fingerprint density at radius 3 is 1.02 bits per heavy atom. The van der Waals surface area contributed by atoms with Crippen molar-refractivity contribution in [3.8, 4) is 0 Å². The molecular weight excluding hydrogens is 817 g/mol. The molecule has 0 N–H and O–H groups in total. The van der Waals surface area contributed by atoms with Gasteiger partial charge >= 0.3 is 17.9 Å². The van der Waals surface area contributed by atoms with Crippen molar-refractivity contribution in [2.24, 2.45) is 0 Å². The zero-order valence-corrected chi connectivity index (χ0v) is 42.7. The monoisotopic (exact) mass is 915 g/mol. The van der Waals surface area contributed by atoms with E-state index >= 15 is 0 Å². The number of carbonyl (C=O) groups excluding carboxylic acids is 3. The quantitative estimate of drug-likeness (QED) is 0.0199. The van der Waals surface area contributed by atoms with Gasteiger partial charge in [-0.25, -0.2) is 0 Å². The van der Waals surface area contributed by atoms with Crippen molar-refractivity contribution in [2.75, 3.05) is 13.2 Å². The van der Waals surface area contributed by atoms with Crippen LogP contribution in [0.3, 0.4) is 0 Å². The van der Waals surface area contributed by atoms with Gasteiger partial charge in [-0.2, -0.15) is 0 Å². The Morgan fingerprint density at radius 1 is 0.318 bits per heavy atom. The van der Waals surface area contributed by atoms with Crippen LogP contribution >= 0.6 is 0 Å². The van der Waals surface area contributed by atoms with E-state index in [1.165, 1.54) is 96.3 Å². The predicted molar refractivity (Wildman–Crippen MR) is 283 cm³/mol. The first-order valence-corrected chi connectivity index (χ1v) is 27.0. The zero-order valence-electron chi connectivity index (χ0n) is 42.7. The highest BCUT2D eigenvalue weighted by Gasteiger charge is 2.19. The Bertz CT molecular complexity index is 1370. The summed E-state index contributed by atoms with van der Waals surface area (Å²) >= 11 is 0. The number of hydrogen-bond acceptors (Lipinski definition) is 6. The van der Waals surface area contributed by atoms with Crippen LogP contribution in [-0.2, 0) is 28.6 Å². The van der Waals surface area contributed by atoms with E-state index in [1.807, 2.05) is 36.5 Å². The normalized spacial score (nSPS) is 13.0. The van der Waals surface area contributed by atoms with Crippen LogP contribution in [0.25, 0.3) is 0 Å². The van der Waals surface area contributed by atoms with Crippen LogP contribution in [0.15, 0.2) is 109 Å². The minimum atomic E-state index is -0.808. The molecule has 6 nitrogen and oxygen atoms in total. The van der Waals surface area contributed by atoms with Crippen molar-refractivity contribution in [1.82, 2.24) is 0 Å². The Labute approximate surface area is 406 Å². The molecule has 66 heavy (non-hydrogen) atoms. The molecule has 0 saturated heterocycles. The number of rotatable bonds is 47. The third-order valence-electron chi connectivity index (χ3n) is 11.2. The molecule has 1 unspecified atom stereocenters. The lowest BCUT2D eigenvalue weighted by molar-refractivity contribution is -0.167. The summed E-state index contributed by atoms with van der Waals surface area (Å²) in [5.74, 6) is -0.974. The molecule has 0 spiro atoms. The number of carbonyl (C=O) groups is 3. The minimum Gasteiger partial charge on any atom is -0.462 e. The van der Waals surface area contributed by atoms with Crippen LogP contribution in [0, 0.1) is 0 Å². The molecule has 6 heteroatoms. The van der Waals surface area contributed by atoms with Gasteiger partial charge in [-0.1, -0.05) is 233 Å². The SMILES string of the molecule is CC/C=C/C=C/C=C/C=C/CCCCCC(=O)OCC(COC(=O)CCCCCCC/C=C/C=C/C=C/C=C/CCCCC)OC(=O)CCCCCCCCC/C=C/CCCCCCCC. The zero-order chi connectivity index (χ0) is 47.9. The summed E-state index contributed by atoms with van der Waals surface area (Å²) in [4.78, 5) is 38.0. The molecule has 0 aromatic carbocycles. The first kappa shape index (κ1) is 62.1. The second-order valence-corrected chi connectivity index (χ2v) is 17.6. The summed E-state index contributed by atoms with van der Waals surface area (Å²) < 4.78 is 16.8. The average Bonchev–Trinajstić information content (AvgIpc) is 3.31. The summed E-state index contributed by atoms with van der Waals surface area (Å²) in [6.45, 7) is 6.39. The van der Waals surface area contributed by atoms with E-state index in [4.69, 9.17) is 14.2 Å². The van der Waals surface area contributed by atoms with Crippen LogP contribution in [0.4, 0.5) is 0 Å². The Morgan fingerprint density at radius 2 is 0.606 bits per heavy atom. The lowest BCUT2D eigenvalue weighted by Gasteiger charge is -2.18. The molecule has 374 valence electrons. The maximum absolute atomic E-state index is 12.8. The lowest BCUT2D eigenvalue weighted by Crippen LogP contribution is -2.30. The summed E-state index contributed by atoms with van der Waals surface area (Å²) in [5, 5.41) is 0. The summed E-state index contributed by atoms with van der Waals surface area (Å²) in [6.07, 6.45) is 72.1. The molecule has 0 radical (unpaired) electrons. The molecule has 0 amide bonds. The molecule has 0 aliphatic carbocycles. The largest absolute Gasteiger partial charge is 0.462 e. The molecule has 0 heterocycles. The second kappa shape index (κ2) is 53.7. The highest BCUT2D eigenvalue weighted by atomic mass is 16.6. The number of ether oxygens (including phenoxy) is 3. The van der Waals surface area contributed by atoms with Crippen molar-refractivity contribution in [3.63, 3.8) is 0 Å². The highest BCUT2D eigenvalue weighted by molar-refractivity contribution is 5.71. The highest BCUT2D eigenvalue weighted by Crippen LogP contribution is 2.14. The summed E-state index contributed by atoms with van der Waals surface area (Å²) in [7, 11) is 0. The van der Waals surface area contributed by atoms with Crippen LogP contribution in [0.1, 0.15) is 233 Å². The number of unbranched alkanes of at least 4 members (excludes halogenated alkanes) is 24. The second-order valence-electron chi connectivity index (χ2n) is 17.6. The van der Waals surface area contributed by atoms with E-state index in [1.54, 1.807) is 0 Å². The van der Waals surface area contributed by atoms with E-state index in [0.717, 1.165) is 96.3 Å². The van der Waals surface area contributed by atoms with Crippen molar-refractivity contribution < 1.29 is 28.6 Å². The van der Waals surface area contributed by atoms with Gasteiger partial charge in [-0.05, 0) is 89.9 Å². The molecule has 0 fully saturated rings. The fourth-order valence-electron chi connectivity index (χ4n) is 7.11. The first-order valence-electron chi connectivity index (χ1n) is 27.0. The topological polar surface area (TPSA) is 78.9 Å².